The van der Waals surface area contributed by atoms with Crippen LogP contribution in [0.3, 0.4) is 0 Å². The molecule has 114 valence electrons. The quantitative estimate of drug-likeness (QED) is 0.790. The van der Waals surface area contributed by atoms with Crippen LogP contribution < -0.4 is 0 Å². The third kappa shape index (κ3) is 3.03. The van der Waals surface area contributed by atoms with E-state index in [9.17, 15) is 8.42 Å². The number of aromatic nitrogens is 1. The lowest BCUT2D eigenvalue weighted by Crippen LogP contribution is -2.44. The predicted molar refractivity (Wildman–Crippen MR) is 80.4 cm³/mol. The number of piperidine rings is 1. The molecule has 0 spiro atoms. The predicted octanol–water partition coefficient (Wildman–Crippen LogP) is 1.48. The molecule has 0 saturated carbocycles. The van der Waals surface area contributed by atoms with Gasteiger partial charge in [-0.3, -0.25) is 0 Å². The third-order valence-electron chi connectivity index (χ3n) is 4.10. The van der Waals surface area contributed by atoms with Crippen LogP contribution in [0.25, 0.3) is 0 Å². The van der Waals surface area contributed by atoms with E-state index in [4.69, 9.17) is 11.6 Å². The first-order chi connectivity index (χ1) is 9.36. The summed E-state index contributed by atoms with van der Waals surface area (Å²) in [6.45, 7) is 1.87. The van der Waals surface area contributed by atoms with Crippen molar-refractivity contribution < 1.29 is 8.42 Å². The minimum absolute atomic E-state index is 0.0795. The Morgan fingerprint density at radius 1 is 1.35 bits per heavy atom. The van der Waals surface area contributed by atoms with Gasteiger partial charge >= 0.3 is 0 Å². The van der Waals surface area contributed by atoms with Gasteiger partial charge < -0.3 is 9.47 Å². The second-order valence-corrected chi connectivity index (χ2v) is 7.73. The molecule has 1 aromatic rings. The highest BCUT2D eigenvalue weighted by Crippen LogP contribution is 2.24. The first-order valence-electron chi connectivity index (χ1n) is 6.74. The highest BCUT2D eigenvalue weighted by atomic mass is 35.5. The van der Waals surface area contributed by atoms with Crippen molar-refractivity contribution in [3.05, 3.63) is 18.0 Å². The molecule has 0 aromatic carbocycles. The number of alkyl halides is 1. The highest BCUT2D eigenvalue weighted by Gasteiger charge is 2.31. The molecule has 0 amide bonds. The summed E-state index contributed by atoms with van der Waals surface area (Å²) < 4.78 is 28.6. The van der Waals surface area contributed by atoms with Crippen molar-refractivity contribution in [3.63, 3.8) is 0 Å². The zero-order chi connectivity index (χ0) is 14.9. The monoisotopic (exact) mass is 319 g/mol. The zero-order valence-electron chi connectivity index (χ0n) is 12.2. The second kappa shape index (κ2) is 6.05. The van der Waals surface area contributed by atoms with Crippen LogP contribution in [-0.4, -0.2) is 55.4 Å². The fourth-order valence-corrected chi connectivity index (χ4v) is 4.35. The summed E-state index contributed by atoms with van der Waals surface area (Å²) in [6.07, 6.45) is 3.39. The molecule has 0 aliphatic carbocycles. The first-order valence-corrected chi connectivity index (χ1v) is 8.71. The van der Waals surface area contributed by atoms with Crippen molar-refractivity contribution in [1.29, 1.82) is 0 Å². The van der Waals surface area contributed by atoms with Crippen molar-refractivity contribution in [3.8, 4) is 0 Å². The maximum absolute atomic E-state index is 12.7. The Labute approximate surface area is 126 Å². The summed E-state index contributed by atoms with van der Waals surface area (Å²) >= 11 is 5.81. The van der Waals surface area contributed by atoms with E-state index in [2.05, 4.69) is 11.9 Å². The Morgan fingerprint density at radius 3 is 2.45 bits per heavy atom. The smallest absolute Gasteiger partial charge is 0.244 e. The normalized spacial score (nSPS) is 18.9. The van der Waals surface area contributed by atoms with Crippen molar-refractivity contribution in [1.82, 2.24) is 13.8 Å². The summed E-state index contributed by atoms with van der Waals surface area (Å²) in [5.41, 5.74) is 0.807. The Balaban J connectivity index is 2.20. The molecule has 0 bridgehead atoms. The molecule has 0 N–H and O–H groups in total. The van der Waals surface area contributed by atoms with Gasteiger partial charge in [-0.15, -0.1) is 11.6 Å². The van der Waals surface area contributed by atoms with Crippen LogP contribution in [-0.2, 0) is 23.0 Å². The lowest BCUT2D eigenvalue weighted by atomic mass is 10.1. The van der Waals surface area contributed by atoms with Crippen LogP contribution in [0.2, 0.25) is 0 Å². The Morgan fingerprint density at radius 2 is 1.95 bits per heavy atom. The van der Waals surface area contributed by atoms with E-state index in [0.717, 1.165) is 31.6 Å². The third-order valence-corrected chi connectivity index (χ3v) is 6.25. The standard InChI is InChI=1S/C13H22ClN3O2S/c1-15-6-4-11(5-7-15)17(3)20(18,19)13-8-12(9-14)16(2)10-13/h8,10-11H,4-7,9H2,1-3H3. The maximum Gasteiger partial charge on any atom is 0.244 e. The van der Waals surface area contributed by atoms with Gasteiger partial charge in [0.05, 0.1) is 5.88 Å². The minimum atomic E-state index is -3.43. The van der Waals surface area contributed by atoms with E-state index in [1.807, 2.05) is 7.05 Å². The summed E-state index contributed by atoms with van der Waals surface area (Å²) in [7, 11) is 2.12. The molecule has 1 aliphatic heterocycles. The summed E-state index contributed by atoms with van der Waals surface area (Å²) in [5.74, 6) is 0.309. The van der Waals surface area contributed by atoms with Crippen LogP contribution in [0.5, 0.6) is 0 Å². The number of sulfonamides is 1. The first kappa shape index (κ1) is 15.8. The molecule has 5 nitrogen and oxygen atoms in total. The highest BCUT2D eigenvalue weighted by molar-refractivity contribution is 7.89. The van der Waals surface area contributed by atoms with Crippen LogP contribution in [0, 0.1) is 0 Å². The molecule has 1 saturated heterocycles. The van der Waals surface area contributed by atoms with E-state index < -0.39 is 10.0 Å². The summed E-state index contributed by atoms with van der Waals surface area (Å²) in [6, 6.07) is 1.74. The topological polar surface area (TPSA) is 45.6 Å². The molecule has 0 atom stereocenters. The number of halogens is 1. The van der Waals surface area contributed by atoms with Gasteiger partial charge in [-0.05, 0) is 39.0 Å². The number of rotatable bonds is 4. The molecule has 2 heterocycles. The molecular formula is C13H22ClN3O2S. The molecule has 2 rings (SSSR count). The molecule has 0 radical (unpaired) electrons. The molecule has 20 heavy (non-hydrogen) atoms. The lowest BCUT2D eigenvalue weighted by Gasteiger charge is -2.34. The van der Waals surface area contributed by atoms with Gasteiger partial charge in [-0.1, -0.05) is 0 Å². The molecule has 1 aromatic heterocycles. The second-order valence-electron chi connectivity index (χ2n) is 5.47. The Hall–Kier alpha value is -0.560. The molecule has 0 unspecified atom stereocenters. The van der Waals surface area contributed by atoms with E-state index in [-0.39, 0.29) is 6.04 Å². The van der Waals surface area contributed by atoms with Gasteiger partial charge in [0, 0.05) is 32.0 Å². The largest absolute Gasteiger partial charge is 0.352 e. The SMILES string of the molecule is CN1CCC(N(C)S(=O)(=O)c2cc(CCl)n(C)c2)CC1. The zero-order valence-corrected chi connectivity index (χ0v) is 13.8. The van der Waals surface area contributed by atoms with E-state index >= 15 is 0 Å². The van der Waals surface area contributed by atoms with Crippen LogP contribution >= 0.6 is 11.6 Å². The Bertz CT molecular complexity index is 562. The average molecular weight is 320 g/mol. The minimum Gasteiger partial charge on any atom is -0.352 e. The summed E-state index contributed by atoms with van der Waals surface area (Å²) in [5, 5.41) is 0. The van der Waals surface area contributed by atoms with Crippen molar-refractivity contribution in [2.75, 3.05) is 27.2 Å². The molecule has 7 heteroatoms. The van der Waals surface area contributed by atoms with Crippen LogP contribution in [0.1, 0.15) is 18.5 Å². The van der Waals surface area contributed by atoms with E-state index in [0.29, 0.717) is 10.8 Å². The lowest BCUT2D eigenvalue weighted by molar-refractivity contribution is 0.197. The number of hydrogen-bond donors (Lipinski definition) is 0. The number of aryl methyl sites for hydroxylation is 1. The molecule has 1 aliphatic rings. The number of nitrogens with zero attached hydrogens (tertiary/aromatic N) is 3. The van der Waals surface area contributed by atoms with Gasteiger partial charge in [-0.25, -0.2) is 8.42 Å². The van der Waals surface area contributed by atoms with Gasteiger partial charge in [-0.2, -0.15) is 4.31 Å². The molecular weight excluding hydrogens is 298 g/mol. The average Bonchev–Trinajstić information content (AvgIpc) is 2.80. The van der Waals surface area contributed by atoms with Gasteiger partial charge in [0.2, 0.25) is 10.0 Å². The number of likely N-dealkylation sites (tertiary alicyclic amines) is 1. The van der Waals surface area contributed by atoms with E-state index in [1.54, 1.807) is 23.9 Å². The van der Waals surface area contributed by atoms with Crippen molar-refractivity contribution >= 4 is 21.6 Å². The van der Waals surface area contributed by atoms with Crippen LogP contribution in [0.15, 0.2) is 17.2 Å². The Kier molecular flexibility index (Phi) is 4.79. The number of hydrogen-bond acceptors (Lipinski definition) is 3. The molecule has 1 fully saturated rings. The van der Waals surface area contributed by atoms with Crippen LogP contribution in [0.4, 0.5) is 0 Å². The van der Waals surface area contributed by atoms with Crippen molar-refractivity contribution in [2.24, 2.45) is 7.05 Å². The van der Waals surface area contributed by atoms with Crippen molar-refractivity contribution in [2.45, 2.75) is 29.7 Å². The summed E-state index contributed by atoms with van der Waals surface area (Å²) in [4.78, 5) is 2.56. The van der Waals surface area contributed by atoms with Gasteiger partial charge in [0.15, 0.2) is 0 Å². The maximum atomic E-state index is 12.7. The van der Waals surface area contributed by atoms with Gasteiger partial charge in [0.1, 0.15) is 4.90 Å². The van der Waals surface area contributed by atoms with E-state index in [1.165, 1.54) is 4.31 Å². The fraction of sp³-hybridized carbons (Fsp3) is 0.692. The van der Waals surface area contributed by atoms with Gasteiger partial charge in [0.25, 0.3) is 0 Å². The fourth-order valence-electron chi connectivity index (χ4n) is 2.57.